The van der Waals surface area contributed by atoms with Gasteiger partial charge in [-0.3, -0.25) is 14.4 Å². The molecular formula is C20H26N2O6. The van der Waals surface area contributed by atoms with Crippen LogP contribution in [0.1, 0.15) is 49.4 Å². The minimum atomic E-state index is -0.900. The van der Waals surface area contributed by atoms with Gasteiger partial charge in [0.2, 0.25) is 5.91 Å². The third kappa shape index (κ3) is 4.44. The van der Waals surface area contributed by atoms with Crippen molar-refractivity contribution in [2.24, 2.45) is 0 Å². The van der Waals surface area contributed by atoms with Crippen LogP contribution in [0.4, 0.5) is 5.69 Å². The quantitative estimate of drug-likeness (QED) is 0.799. The van der Waals surface area contributed by atoms with Crippen LogP contribution in [0.15, 0.2) is 18.2 Å². The Labute approximate surface area is 163 Å². The molecule has 2 N–H and O–H groups in total. The first-order valence-corrected chi connectivity index (χ1v) is 9.60. The standard InChI is InChI=1S/C20H26N2O6/c1-3-4-18(23)21-12-5-8-16-14(9-12)20(26)22(2)15-7-6-13(10-19(24)25)28-17(15)11-27-16/h5,8-9,13,15,17H,3-4,6-7,10-11H2,1-2H3,(H,21,23)(H,24,25)/t13-,15-,17+/m0/s1. The van der Waals surface area contributed by atoms with Crippen molar-refractivity contribution in [3.05, 3.63) is 23.8 Å². The van der Waals surface area contributed by atoms with Gasteiger partial charge in [0, 0.05) is 19.2 Å². The Morgan fingerprint density at radius 3 is 2.82 bits per heavy atom. The summed E-state index contributed by atoms with van der Waals surface area (Å²) in [5, 5.41) is 11.8. The van der Waals surface area contributed by atoms with E-state index in [0.29, 0.717) is 36.3 Å². The molecule has 1 saturated heterocycles. The zero-order chi connectivity index (χ0) is 20.3. The van der Waals surface area contributed by atoms with Crippen molar-refractivity contribution in [1.29, 1.82) is 0 Å². The number of carboxylic acid groups (broad SMARTS) is 1. The summed E-state index contributed by atoms with van der Waals surface area (Å²) in [6, 6.07) is 4.82. The highest BCUT2D eigenvalue weighted by molar-refractivity contribution is 5.99. The minimum Gasteiger partial charge on any atom is -0.490 e. The number of likely N-dealkylation sites (N-methyl/N-ethyl adjacent to an activating group) is 1. The summed E-state index contributed by atoms with van der Waals surface area (Å²) in [5.74, 6) is -0.785. The van der Waals surface area contributed by atoms with E-state index < -0.39 is 5.97 Å². The van der Waals surface area contributed by atoms with E-state index in [1.54, 1.807) is 30.1 Å². The number of benzene rings is 1. The molecule has 28 heavy (non-hydrogen) atoms. The lowest BCUT2D eigenvalue weighted by atomic mass is 9.94. The molecule has 2 aliphatic rings. The molecular weight excluding hydrogens is 364 g/mol. The van der Waals surface area contributed by atoms with Crippen LogP contribution < -0.4 is 10.1 Å². The molecule has 0 unspecified atom stereocenters. The SMILES string of the molecule is CCCC(=O)Nc1ccc2c(c1)C(=O)N(C)[C@H]1CC[C@@H](CC(=O)O)O[C@@H]1CO2. The van der Waals surface area contributed by atoms with Crippen molar-refractivity contribution in [2.75, 3.05) is 19.0 Å². The maximum absolute atomic E-state index is 13.1. The van der Waals surface area contributed by atoms with Gasteiger partial charge in [-0.1, -0.05) is 6.92 Å². The number of hydrogen-bond acceptors (Lipinski definition) is 5. The van der Waals surface area contributed by atoms with Gasteiger partial charge in [-0.15, -0.1) is 0 Å². The molecule has 8 heteroatoms. The lowest BCUT2D eigenvalue weighted by Gasteiger charge is -2.42. The maximum Gasteiger partial charge on any atom is 0.305 e. The molecule has 3 atom stereocenters. The highest BCUT2D eigenvalue weighted by Gasteiger charge is 2.39. The van der Waals surface area contributed by atoms with Gasteiger partial charge >= 0.3 is 5.97 Å². The van der Waals surface area contributed by atoms with Crippen LogP contribution in [0.3, 0.4) is 0 Å². The molecule has 0 bridgehead atoms. The molecule has 2 heterocycles. The number of hydrogen-bond donors (Lipinski definition) is 2. The zero-order valence-corrected chi connectivity index (χ0v) is 16.1. The minimum absolute atomic E-state index is 0.0573. The number of carbonyl (C=O) groups is 3. The first kappa shape index (κ1) is 20.1. The number of ether oxygens (including phenoxy) is 2. The van der Waals surface area contributed by atoms with Crippen molar-refractivity contribution < 1.29 is 29.0 Å². The average molecular weight is 390 g/mol. The third-order valence-electron chi connectivity index (χ3n) is 5.17. The van der Waals surface area contributed by atoms with E-state index >= 15 is 0 Å². The van der Waals surface area contributed by atoms with Crippen molar-refractivity contribution in [3.63, 3.8) is 0 Å². The Morgan fingerprint density at radius 2 is 2.11 bits per heavy atom. The predicted molar refractivity (Wildman–Crippen MR) is 102 cm³/mol. The molecule has 0 saturated carbocycles. The van der Waals surface area contributed by atoms with E-state index in [1.165, 1.54) is 0 Å². The Kier molecular flexibility index (Phi) is 6.18. The second-order valence-electron chi connectivity index (χ2n) is 7.28. The molecule has 1 fully saturated rings. The molecule has 152 valence electrons. The molecule has 8 nitrogen and oxygen atoms in total. The lowest BCUT2D eigenvalue weighted by molar-refractivity contribution is -0.148. The highest BCUT2D eigenvalue weighted by Crippen LogP contribution is 2.32. The van der Waals surface area contributed by atoms with Crippen LogP contribution in [0, 0.1) is 0 Å². The molecule has 1 aromatic rings. The molecule has 2 amide bonds. The van der Waals surface area contributed by atoms with Crippen LogP contribution >= 0.6 is 0 Å². The molecule has 0 aromatic heterocycles. The lowest BCUT2D eigenvalue weighted by Crippen LogP contribution is -2.53. The summed E-state index contributed by atoms with van der Waals surface area (Å²) in [5.41, 5.74) is 0.948. The Morgan fingerprint density at radius 1 is 1.32 bits per heavy atom. The van der Waals surface area contributed by atoms with Crippen molar-refractivity contribution in [2.45, 2.75) is 57.3 Å². The second kappa shape index (κ2) is 8.60. The van der Waals surface area contributed by atoms with Gasteiger partial charge < -0.3 is 24.8 Å². The molecule has 0 aliphatic carbocycles. The van der Waals surface area contributed by atoms with Gasteiger partial charge in [0.25, 0.3) is 5.91 Å². The number of carbonyl (C=O) groups excluding carboxylic acids is 2. The normalized spacial score (nSPS) is 24.3. The van der Waals surface area contributed by atoms with Crippen LogP contribution in [0.5, 0.6) is 5.75 Å². The summed E-state index contributed by atoms with van der Waals surface area (Å²) in [6.07, 6.45) is 1.57. The fraction of sp³-hybridized carbons (Fsp3) is 0.550. The first-order valence-electron chi connectivity index (χ1n) is 9.60. The van der Waals surface area contributed by atoms with Crippen LogP contribution in [0.2, 0.25) is 0 Å². The van der Waals surface area contributed by atoms with Gasteiger partial charge in [0.1, 0.15) is 18.5 Å². The average Bonchev–Trinajstić information content (AvgIpc) is 2.65. The number of nitrogens with one attached hydrogen (secondary N) is 1. The van der Waals surface area contributed by atoms with Crippen molar-refractivity contribution >= 4 is 23.5 Å². The number of fused-ring (bicyclic) bond motifs is 2. The van der Waals surface area contributed by atoms with E-state index in [4.69, 9.17) is 14.6 Å². The number of rotatable bonds is 5. The fourth-order valence-electron chi connectivity index (χ4n) is 3.75. The summed E-state index contributed by atoms with van der Waals surface area (Å²) in [4.78, 5) is 37.5. The predicted octanol–water partition coefficient (Wildman–Crippen LogP) is 2.28. The zero-order valence-electron chi connectivity index (χ0n) is 16.1. The summed E-state index contributed by atoms with van der Waals surface area (Å²) >= 11 is 0. The van der Waals surface area contributed by atoms with Gasteiger partial charge in [-0.05, 0) is 37.5 Å². The maximum atomic E-state index is 13.1. The number of carboxylic acids is 1. The topological polar surface area (TPSA) is 105 Å². The third-order valence-corrected chi connectivity index (χ3v) is 5.17. The number of anilines is 1. The van der Waals surface area contributed by atoms with E-state index in [-0.39, 0.29) is 43.1 Å². The van der Waals surface area contributed by atoms with E-state index in [0.717, 1.165) is 6.42 Å². The van der Waals surface area contributed by atoms with Gasteiger partial charge in [0.05, 0.1) is 24.1 Å². The summed E-state index contributed by atoms with van der Waals surface area (Å²) in [6.45, 7) is 2.16. The van der Waals surface area contributed by atoms with Gasteiger partial charge in [-0.25, -0.2) is 0 Å². The monoisotopic (exact) mass is 390 g/mol. The van der Waals surface area contributed by atoms with Crippen molar-refractivity contribution in [3.8, 4) is 5.75 Å². The van der Waals surface area contributed by atoms with Crippen LogP contribution in [0.25, 0.3) is 0 Å². The van der Waals surface area contributed by atoms with Crippen LogP contribution in [-0.2, 0) is 14.3 Å². The summed E-state index contributed by atoms with van der Waals surface area (Å²) in [7, 11) is 1.72. The van der Waals surface area contributed by atoms with Gasteiger partial charge in [0.15, 0.2) is 0 Å². The number of nitrogens with zero attached hydrogens (tertiary/aromatic N) is 1. The molecule has 0 radical (unpaired) electrons. The highest BCUT2D eigenvalue weighted by atomic mass is 16.5. The molecule has 2 aliphatic heterocycles. The Balaban J connectivity index is 1.80. The van der Waals surface area contributed by atoms with Crippen LogP contribution in [-0.4, -0.2) is 59.7 Å². The van der Waals surface area contributed by atoms with E-state index in [1.807, 2.05) is 6.92 Å². The first-order chi connectivity index (χ1) is 13.4. The number of amides is 2. The molecule has 3 rings (SSSR count). The van der Waals surface area contributed by atoms with E-state index in [9.17, 15) is 14.4 Å². The largest absolute Gasteiger partial charge is 0.490 e. The Bertz CT molecular complexity index is 765. The van der Waals surface area contributed by atoms with E-state index in [2.05, 4.69) is 5.32 Å². The molecule has 0 spiro atoms. The number of aliphatic carboxylic acids is 1. The fourth-order valence-corrected chi connectivity index (χ4v) is 3.75. The molecule has 1 aromatic carbocycles. The second-order valence-corrected chi connectivity index (χ2v) is 7.28. The van der Waals surface area contributed by atoms with Gasteiger partial charge in [-0.2, -0.15) is 0 Å². The summed E-state index contributed by atoms with van der Waals surface area (Å²) < 4.78 is 11.8. The smallest absolute Gasteiger partial charge is 0.305 e. The Hall–Kier alpha value is -2.61. The van der Waals surface area contributed by atoms with Crippen molar-refractivity contribution in [1.82, 2.24) is 4.90 Å².